The Hall–Kier alpha value is -1.24. The highest BCUT2D eigenvalue weighted by Gasteiger charge is 2.47. The molecule has 2 rings (SSSR count). The zero-order chi connectivity index (χ0) is 17.7. The van der Waals surface area contributed by atoms with Gasteiger partial charge in [0.15, 0.2) is 5.72 Å². The number of hydrogen-bond acceptors (Lipinski definition) is 6. The Bertz CT molecular complexity index is 690. The van der Waals surface area contributed by atoms with E-state index in [1.807, 2.05) is 22.6 Å². The molecule has 1 aromatic rings. The van der Waals surface area contributed by atoms with Gasteiger partial charge in [0.1, 0.15) is 6.10 Å². The van der Waals surface area contributed by atoms with E-state index in [0.717, 1.165) is 0 Å². The number of halogens is 1. The highest BCUT2D eigenvalue weighted by atomic mass is 127. The number of nitrogens with zero attached hydrogens (tertiary/aromatic N) is 1. The first kappa shape index (κ1) is 19.1. The smallest absolute Gasteiger partial charge is 0.330 e. The molecule has 4 N–H and O–H groups in total. The zero-order valence-corrected chi connectivity index (χ0v) is 15.1. The molecule has 1 aromatic heterocycles. The van der Waals surface area contributed by atoms with Gasteiger partial charge < -0.3 is 20.3 Å². The van der Waals surface area contributed by atoms with Gasteiger partial charge in [0.05, 0.1) is 17.1 Å². The lowest BCUT2D eigenvalue weighted by atomic mass is 10.0. The number of aromatic amines is 1. The molecule has 1 amide bonds. The van der Waals surface area contributed by atoms with Gasteiger partial charge in [-0.2, -0.15) is 0 Å². The topological polar surface area (TPSA) is 134 Å². The summed E-state index contributed by atoms with van der Waals surface area (Å²) >= 11 is 1.96. The minimum absolute atomic E-state index is 0.0912. The van der Waals surface area contributed by atoms with E-state index in [-0.39, 0.29) is 18.9 Å². The maximum absolute atomic E-state index is 12.1. The fourth-order valence-electron chi connectivity index (χ4n) is 2.84. The lowest BCUT2D eigenvalue weighted by Crippen LogP contribution is -2.44. The molecule has 0 radical (unpaired) electrons. The molecule has 1 fully saturated rings. The standard InChI is InChI=1S/C14H20IN3O6/c15-7-12(22)16-4-1-3-14(6-9(20)10(8-19)24-14)18-5-2-11(21)17-13(18)23/h2,5,9-10,19-20H,1,3-4,6-8H2,(H,16,22)(H,17,21,23)/t9-,10+,14+/m0/s1. The van der Waals surface area contributed by atoms with Crippen LogP contribution in [-0.4, -0.2) is 55.5 Å². The third-order valence-electron chi connectivity index (χ3n) is 3.96. The van der Waals surface area contributed by atoms with Crippen LogP contribution in [0.3, 0.4) is 0 Å². The molecule has 0 saturated carbocycles. The molecule has 9 nitrogen and oxygen atoms in total. The Morgan fingerprint density at radius 3 is 2.88 bits per heavy atom. The van der Waals surface area contributed by atoms with Crippen molar-refractivity contribution in [2.45, 2.75) is 37.2 Å². The predicted octanol–water partition coefficient (Wildman–Crippen LogP) is -1.34. The van der Waals surface area contributed by atoms with Gasteiger partial charge in [-0.05, 0) is 12.8 Å². The number of rotatable bonds is 7. The summed E-state index contributed by atoms with van der Waals surface area (Å²) in [6.07, 6.45) is 0.499. The van der Waals surface area contributed by atoms with Crippen LogP contribution in [0.4, 0.5) is 0 Å². The third kappa shape index (κ3) is 4.23. The maximum Gasteiger partial charge on any atom is 0.330 e. The summed E-state index contributed by atoms with van der Waals surface area (Å²) in [5, 5.41) is 22.1. The van der Waals surface area contributed by atoms with Gasteiger partial charge in [-0.1, -0.05) is 22.6 Å². The van der Waals surface area contributed by atoms with Crippen LogP contribution >= 0.6 is 22.6 Å². The minimum Gasteiger partial charge on any atom is -0.394 e. The van der Waals surface area contributed by atoms with Crippen LogP contribution in [-0.2, 0) is 15.3 Å². The average Bonchev–Trinajstić information content (AvgIpc) is 2.88. The summed E-state index contributed by atoms with van der Waals surface area (Å²) < 4.78 is 7.36. The first-order chi connectivity index (χ1) is 11.4. The van der Waals surface area contributed by atoms with Gasteiger partial charge in [0.2, 0.25) is 5.91 Å². The van der Waals surface area contributed by atoms with Gasteiger partial charge in [-0.3, -0.25) is 19.1 Å². The number of carbonyl (C=O) groups is 1. The van der Waals surface area contributed by atoms with Crippen molar-refractivity contribution in [3.63, 3.8) is 0 Å². The van der Waals surface area contributed by atoms with Crippen molar-refractivity contribution in [1.29, 1.82) is 0 Å². The number of aliphatic hydroxyl groups is 2. The molecule has 0 bridgehead atoms. The molecule has 1 aliphatic heterocycles. The molecule has 1 saturated heterocycles. The average molecular weight is 453 g/mol. The molecule has 10 heteroatoms. The molecule has 0 aliphatic carbocycles. The Kier molecular flexibility index (Phi) is 6.54. The number of ether oxygens (including phenoxy) is 1. The number of aliphatic hydroxyl groups excluding tert-OH is 2. The van der Waals surface area contributed by atoms with Gasteiger partial charge in [-0.25, -0.2) is 4.79 Å². The minimum atomic E-state index is -1.18. The number of hydrogen-bond donors (Lipinski definition) is 4. The Morgan fingerprint density at radius 2 is 2.29 bits per heavy atom. The summed E-state index contributed by atoms with van der Waals surface area (Å²) in [5.41, 5.74) is -2.36. The SMILES string of the molecule is O=C(CI)NCCC[C@]1(n2ccc(=O)[nH]c2=O)C[C@H](O)[C@@H](CO)O1. The molecule has 134 valence electrons. The van der Waals surface area contributed by atoms with E-state index in [1.54, 1.807) is 0 Å². The number of nitrogens with one attached hydrogen (secondary N) is 2. The summed E-state index contributed by atoms with van der Waals surface area (Å²) in [7, 11) is 0. The van der Waals surface area contributed by atoms with E-state index in [0.29, 0.717) is 23.8 Å². The van der Waals surface area contributed by atoms with Gasteiger partial charge >= 0.3 is 5.69 Å². The monoisotopic (exact) mass is 453 g/mol. The first-order valence-electron chi connectivity index (χ1n) is 7.54. The molecule has 0 aromatic carbocycles. The molecular formula is C14H20IN3O6. The fourth-order valence-corrected chi connectivity index (χ4v) is 3.11. The summed E-state index contributed by atoms with van der Waals surface area (Å²) in [5.74, 6) is -0.0912. The van der Waals surface area contributed by atoms with Crippen LogP contribution in [0, 0.1) is 0 Å². The van der Waals surface area contributed by atoms with Crippen LogP contribution in [0.5, 0.6) is 0 Å². The molecule has 0 spiro atoms. The molecule has 3 atom stereocenters. The van der Waals surface area contributed by atoms with Crippen LogP contribution in [0.25, 0.3) is 0 Å². The van der Waals surface area contributed by atoms with Crippen LogP contribution in [0.1, 0.15) is 19.3 Å². The second-order valence-corrected chi connectivity index (χ2v) is 6.39. The third-order valence-corrected chi connectivity index (χ3v) is 4.65. The molecular weight excluding hydrogens is 433 g/mol. The number of alkyl halides is 1. The zero-order valence-electron chi connectivity index (χ0n) is 12.9. The Morgan fingerprint density at radius 1 is 1.54 bits per heavy atom. The number of H-pyrrole nitrogens is 1. The quantitative estimate of drug-likeness (QED) is 0.230. The van der Waals surface area contributed by atoms with Crippen molar-refractivity contribution < 1.29 is 19.7 Å². The molecule has 24 heavy (non-hydrogen) atoms. The van der Waals surface area contributed by atoms with Crippen molar-refractivity contribution in [2.24, 2.45) is 0 Å². The molecule has 2 heterocycles. The largest absolute Gasteiger partial charge is 0.394 e. The summed E-state index contributed by atoms with van der Waals surface area (Å²) in [6.45, 7) is 0.0114. The van der Waals surface area contributed by atoms with E-state index >= 15 is 0 Å². The summed E-state index contributed by atoms with van der Waals surface area (Å²) in [4.78, 5) is 36.8. The van der Waals surface area contributed by atoms with Gasteiger partial charge in [-0.15, -0.1) is 0 Å². The Labute approximate surface area is 151 Å². The maximum atomic E-state index is 12.1. The lowest BCUT2D eigenvalue weighted by Gasteiger charge is -2.31. The highest BCUT2D eigenvalue weighted by molar-refractivity contribution is 14.1. The van der Waals surface area contributed by atoms with Crippen molar-refractivity contribution in [2.75, 3.05) is 17.6 Å². The highest BCUT2D eigenvalue weighted by Crippen LogP contribution is 2.37. The van der Waals surface area contributed by atoms with Crippen LogP contribution in [0.2, 0.25) is 0 Å². The van der Waals surface area contributed by atoms with Crippen LogP contribution < -0.4 is 16.6 Å². The Balaban J connectivity index is 2.21. The van der Waals surface area contributed by atoms with Crippen LogP contribution in [0.15, 0.2) is 21.9 Å². The number of aromatic nitrogens is 2. The van der Waals surface area contributed by atoms with Crippen molar-refractivity contribution in [1.82, 2.24) is 14.9 Å². The predicted molar refractivity (Wildman–Crippen MR) is 93.0 cm³/mol. The molecule has 1 aliphatic rings. The van der Waals surface area contributed by atoms with E-state index in [1.165, 1.54) is 16.8 Å². The van der Waals surface area contributed by atoms with Crippen molar-refractivity contribution in [3.8, 4) is 0 Å². The lowest BCUT2D eigenvalue weighted by molar-refractivity contribution is -0.125. The van der Waals surface area contributed by atoms with E-state index in [4.69, 9.17) is 4.74 Å². The van der Waals surface area contributed by atoms with E-state index in [9.17, 15) is 24.6 Å². The second-order valence-electron chi connectivity index (χ2n) is 5.62. The van der Waals surface area contributed by atoms with Crippen molar-refractivity contribution >= 4 is 28.5 Å². The second kappa shape index (κ2) is 8.23. The normalized spacial score (nSPS) is 26.5. The summed E-state index contributed by atoms with van der Waals surface area (Å²) in [6, 6.07) is 1.20. The number of amides is 1. The van der Waals surface area contributed by atoms with Crippen molar-refractivity contribution in [3.05, 3.63) is 33.1 Å². The first-order valence-corrected chi connectivity index (χ1v) is 9.06. The van der Waals surface area contributed by atoms with E-state index in [2.05, 4.69) is 10.3 Å². The molecule has 0 unspecified atom stereocenters. The van der Waals surface area contributed by atoms with E-state index < -0.39 is 29.2 Å². The fraction of sp³-hybridized carbons (Fsp3) is 0.643. The van der Waals surface area contributed by atoms with Gasteiger partial charge in [0.25, 0.3) is 5.56 Å². The van der Waals surface area contributed by atoms with Gasteiger partial charge in [0, 0.05) is 25.2 Å². The number of carbonyl (C=O) groups excluding carboxylic acids is 1.